The Labute approximate surface area is 127 Å². The molecule has 1 unspecified atom stereocenters. The van der Waals surface area contributed by atoms with Gasteiger partial charge in [0.15, 0.2) is 0 Å². The quantitative estimate of drug-likeness (QED) is 0.873. The van der Waals surface area contributed by atoms with Crippen LogP contribution < -0.4 is 15.4 Å². The van der Waals surface area contributed by atoms with Gasteiger partial charge in [-0.2, -0.15) is 0 Å². The van der Waals surface area contributed by atoms with Crippen molar-refractivity contribution >= 4 is 5.91 Å². The molecule has 0 saturated carbocycles. The summed E-state index contributed by atoms with van der Waals surface area (Å²) in [7, 11) is 1.67. The van der Waals surface area contributed by atoms with E-state index in [1.807, 2.05) is 38.1 Å². The summed E-state index contributed by atoms with van der Waals surface area (Å²) >= 11 is 0. The summed E-state index contributed by atoms with van der Waals surface area (Å²) in [5.41, 5.74) is 0.619. The van der Waals surface area contributed by atoms with Crippen LogP contribution in [0.15, 0.2) is 24.3 Å². The van der Waals surface area contributed by atoms with Crippen LogP contribution in [0.5, 0.6) is 5.75 Å². The van der Waals surface area contributed by atoms with E-state index in [0.717, 1.165) is 37.2 Å². The maximum absolute atomic E-state index is 12.6. The fraction of sp³-hybridized carbons (Fsp3) is 0.588. The SMILES string of the molecule is COc1ccccc1CC(C)(C)C(=O)NC1CCCNC1. The van der Waals surface area contributed by atoms with Crippen LogP contribution in [0.3, 0.4) is 0 Å². The van der Waals surface area contributed by atoms with Gasteiger partial charge in [-0.3, -0.25) is 4.79 Å². The highest BCUT2D eigenvalue weighted by molar-refractivity contribution is 5.82. The Morgan fingerprint density at radius 2 is 2.19 bits per heavy atom. The van der Waals surface area contributed by atoms with Gasteiger partial charge >= 0.3 is 0 Å². The highest BCUT2D eigenvalue weighted by atomic mass is 16.5. The van der Waals surface area contributed by atoms with E-state index in [9.17, 15) is 4.79 Å². The second-order valence-electron chi connectivity index (χ2n) is 6.39. The number of ether oxygens (including phenoxy) is 1. The zero-order valence-electron chi connectivity index (χ0n) is 13.2. The van der Waals surface area contributed by atoms with Gasteiger partial charge in [-0.05, 0) is 37.4 Å². The van der Waals surface area contributed by atoms with Gasteiger partial charge in [-0.15, -0.1) is 0 Å². The average Bonchev–Trinajstić information content (AvgIpc) is 2.48. The molecule has 1 amide bonds. The molecule has 1 saturated heterocycles. The zero-order chi connectivity index (χ0) is 15.3. The van der Waals surface area contributed by atoms with Gasteiger partial charge < -0.3 is 15.4 Å². The first-order valence-corrected chi connectivity index (χ1v) is 7.66. The van der Waals surface area contributed by atoms with Crippen LogP contribution in [0, 0.1) is 5.41 Å². The third kappa shape index (κ3) is 4.21. The number of hydrogen-bond acceptors (Lipinski definition) is 3. The van der Waals surface area contributed by atoms with Crippen LogP contribution in [0.1, 0.15) is 32.3 Å². The van der Waals surface area contributed by atoms with Gasteiger partial charge in [0.05, 0.1) is 7.11 Å². The van der Waals surface area contributed by atoms with Crippen molar-refractivity contribution in [1.82, 2.24) is 10.6 Å². The Balaban J connectivity index is 2.01. The van der Waals surface area contributed by atoms with Crippen LogP contribution in [-0.4, -0.2) is 32.1 Å². The van der Waals surface area contributed by atoms with Crippen LogP contribution in [0.4, 0.5) is 0 Å². The molecule has 2 N–H and O–H groups in total. The third-order valence-corrected chi connectivity index (χ3v) is 4.07. The van der Waals surface area contributed by atoms with Crippen molar-refractivity contribution in [3.05, 3.63) is 29.8 Å². The fourth-order valence-electron chi connectivity index (χ4n) is 2.76. The predicted molar refractivity (Wildman–Crippen MR) is 84.5 cm³/mol. The number of para-hydroxylation sites is 1. The van der Waals surface area contributed by atoms with Gasteiger partial charge in [-0.1, -0.05) is 32.0 Å². The van der Waals surface area contributed by atoms with Gasteiger partial charge in [0, 0.05) is 18.0 Å². The summed E-state index contributed by atoms with van der Waals surface area (Å²) in [6, 6.07) is 8.15. The first-order valence-electron chi connectivity index (χ1n) is 7.66. The standard InChI is InChI=1S/C17H26N2O2/c1-17(2,11-13-7-4-5-9-15(13)21-3)16(20)19-14-8-6-10-18-12-14/h4-5,7,9,14,18H,6,8,10-12H2,1-3H3,(H,19,20). The Hall–Kier alpha value is -1.55. The molecule has 4 nitrogen and oxygen atoms in total. The van der Waals surface area contributed by atoms with Gasteiger partial charge in [0.2, 0.25) is 5.91 Å². The molecule has 0 aliphatic carbocycles. The minimum Gasteiger partial charge on any atom is -0.496 e. The first kappa shape index (κ1) is 15.8. The van der Waals surface area contributed by atoms with E-state index in [1.165, 1.54) is 0 Å². The Morgan fingerprint density at radius 1 is 1.43 bits per heavy atom. The topological polar surface area (TPSA) is 50.4 Å². The highest BCUT2D eigenvalue weighted by Crippen LogP contribution is 2.28. The maximum Gasteiger partial charge on any atom is 0.226 e. The van der Waals surface area contributed by atoms with E-state index in [0.29, 0.717) is 6.42 Å². The Kier molecular flexibility index (Phi) is 5.23. The summed E-state index contributed by atoms with van der Waals surface area (Å²) in [4.78, 5) is 12.6. The van der Waals surface area contributed by atoms with Crippen LogP contribution in [0.25, 0.3) is 0 Å². The molecule has 1 atom stereocenters. The maximum atomic E-state index is 12.6. The first-order chi connectivity index (χ1) is 10.0. The van der Waals surface area contributed by atoms with Gasteiger partial charge in [0.25, 0.3) is 0 Å². The normalized spacial score (nSPS) is 19.1. The number of nitrogens with one attached hydrogen (secondary N) is 2. The number of amides is 1. The molecule has 0 aromatic heterocycles. The number of hydrogen-bond donors (Lipinski definition) is 2. The van der Waals surface area contributed by atoms with Crippen LogP contribution >= 0.6 is 0 Å². The molecule has 1 fully saturated rings. The second kappa shape index (κ2) is 6.94. The molecule has 116 valence electrons. The van der Waals surface area contributed by atoms with E-state index in [-0.39, 0.29) is 11.9 Å². The lowest BCUT2D eigenvalue weighted by Gasteiger charge is -2.30. The van der Waals surface area contributed by atoms with Crippen LogP contribution in [0.2, 0.25) is 0 Å². The zero-order valence-corrected chi connectivity index (χ0v) is 13.2. The minimum atomic E-state index is -0.452. The molecule has 21 heavy (non-hydrogen) atoms. The summed E-state index contributed by atoms with van der Waals surface area (Å²) < 4.78 is 5.38. The summed E-state index contributed by atoms with van der Waals surface area (Å²) in [5, 5.41) is 6.50. The molecule has 0 bridgehead atoms. The van der Waals surface area contributed by atoms with Crippen LogP contribution in [-0.2, 0) is 11.2 Å². The number of methoxy groups -OCH3 is 1. The van der Waals surface area contributed by atoms with Crippen molar-refractivity contribution in [2.75, 3.05) is 20.2 Å². The van der Waals surface area contributed by atoms with Crippen molar-refractivity contribution in [1.29, 1.82) is 0 Å². The molecule has 0 radical (unpaired) electrons. The Morgan fingerprint density at radius 3 is 2.86 bits per heavy atom. The average molecular weight is 290 g/mol. The van der Waals surface area contributed by atoms with E-state index >= 15 is 0 Å². The molecular formula is C17H26N2O2. The molecule has 1 aromatic rings. The molecule has 1 heterocycles. The van der Waals surface area contributed by atoms with Crippen molar-refractivity contribution < 1.29 is 9.53 Å². The van der Waals surface area contributed by atoms with Crippen molar-refractivity contribution in [3.63, 3.8) is 0 Å². The molecule has 2 rings (SSSR count). The van der Waals surface area contributed by atoms with Crippen molar-refractivity contribution in [2.24, 2.45) is 5.41 Å². The molecule has 1 aliphatic rings. The lowest BCUT2D eigenvalue weighted by Crippen LogP contribution is -2.50. The number of carbonyl (C=O) groups is 1. The van der Waals surface area contributed by atoms with Gasteiger partial charge in [0.1, 0.15) is 5.75 Å². The predicted octanol–water partition coefficient (Wildman–Crippen LogP) is 2.13. The molecular weight excluding hydrogens is 264 g/mol. The smallest absolute Gasteiger partial charge is 0.226 e. The molecule has 4 heteroatoms. The van der Waals surface area contributed by atoms with E-state index in [1.54, 1.807) is 7.11 Å². The van der Waals surface area contributed by atoms with E-state index in [2.05, 4.69) is 10.6 Å². The van der Waals surface area contributed by atoms with E-state index < -0.39 is 5.41 Å². The summed E-state index contributed by atoms with van der Waals surface area (Å²) in [6.45, 7) is 5.91. The van der Waals surface area contributed by atoms with Crippen molar-refractivity contribution in [2.45, 2.75) is 39.2 Å². The molecule has 1 aliphatic heterocycles. The third-order valence-electron chi connectivity index (χ3n) is 4.07. The highest BCUT2D eigenvalue weighted by Gasteiger charge is 2.30. The van der Waals surface area contributed by atoms with Crippen molar-refractivity contribution in [3.8, 4) is 5.75 Å². The second-order valence-corrected chi connectivity index (χ2v) is 6.39. The number of carbonyl (C=O) groups excluding carboxylic acids is 1. The largest absolute Gasteiger partial charge is 0.496 e. The van der Waals surface area contributed by atoms with E-state index in [4.69, 9.17) is 4.74 Å². The number of piperidine rings is 1. The minimum absolute atomic E-state index is 0.113. The monoisotopic (exact) mass is 290 g/mol. The Bertz CT molecular complexity index is 479. The van der Waals surface area contributed by atoms with Gasteiger partial charge in [-0.25, -0.2) is 0 Å². The number of benzene rings is 1. The molecule has 0 spiro atoms. The molecule has 1 aromatic carbocycles. The fourth-order valence-corrected chi connectivity index (χ4v) is 2.76. The summed E-state index contributed by atoms with van der Waals surface area (Å²) in [6.07, 6.45) is 2.85. The lowest BCUT2D eigenvalue weighted by molar-refractivity contribution is -0.130. The summed E-state index contributed by atoms with van der Waals surface area (Å²) in [5.74, 6) is 0.958. The lowest BCUT2D eigenvalue weighted by atomic mass is 9.84. The number of rotatable bonds is 5.